The highest BCUT2D eigenvalue weighted by Crippen LogP contribution is 2.25. The van der Waals surface area contributed by atoms with Crippen LogP contribution < -0.4 is 10.1 Å². The van der Waals surface area contributed by atoms with E-state index < -0.39 is 5.97 Å². The van der Waals surface area contributed by atoms with Gasteiger partial charge >= 0.3 is 5.97 Å². The predicted molar refractivity (Wildman–Crippen MR) is 101 cm³/mol. The highest BCUT2D eigenvalue weighted by molar-refractivity contribution is 8.00. The van der Waals surface area contributed by atoms with E-state index in [0.29, 0.717) is 11.3 Å². The van der Waals surface area contributed by atoms with Crippen molar-refractivity contribution in [3.8, 4) is 5.75 Å². The molecule has 1 amide bonds. The number of thioether (sulfide) groups is 1. The van der Waals surface area contributed by atoms with Gasteiger partial charge in [-0.25, -0.2) is 4.79 Å². The van der Waals surface area contributed by atoms with Crippen LogP contribution in [-0.4, -0.2) is 23.7 Å². The number of hydrogen-bond acceptors (Lipinski definition) is 4. The van der Waals surface area contributed by atoms with Gasteiger partial charge in [0.2, 0.25) is 5.91 Å². The Bertz CT molecular complexity index is 751. The summed E-state index contributed by atoms with van der Waals surface area (Å²) >= 11 is 1.33. The van der Waals surface area contributed by atoms with E-state index in [1.165, 1.54) is 11.8 Å². The molecule has 0 spiro atoms. The second-order valence-corrected chi connectivity index (χ2v) is 7.24. The number of rotatable bonds is 6. The van der Waals surface area contributed by atoms with Crippen molar-refractivity contribution in [1.82, 2.24) is 5.32 Å². The average Bonchev–Trinajstić information content (AvgIpc) is 2.51. The van der Waals surface area contributed by atoms with E-state index in [1.54, 1.807) is 12.1 Å². The Morgan fingerprint density at radius 2 is 1.72 bits per heavy atom. The van der Waals surface area contributed by atoms with Crippen LogP contribution in [0.4, 0.5) is 0 Å². The molecule has 0 unspecified atom stereocenters. The molecule has 2 aromatic rings. The van der Waals surface area contributed by atoms with Crippen LogP contribution in [0.5, 0.6) is 5.75 Å². The van der Waals surface area contributed by atoms with Gasteiger partial charge in [0.1, 0.15) is 5.75 Å². The van der Waals surface area contributed by atoms with Crippen molar-refractivity contribution in [1.29, 1.82) is 0 Å². The summed E-state index contributed by atoms with van der Waals surface area (Å²) in [6.45, 7) is 7.75. The molecule has 0 aliphatic heterocycles. The van der Waals surface area contributed by atoms with Crippen LogP contribution in [0.3, 0.4) is 0 Å². The minimum Gasteiger partial charge on any atom is -0.423 e. The first-order valence-corrected chi connectivity index (χ1v) is 9.15. The number of ether oxygens (including phenoxy) is 1. The molecule has 0 saturated heterocycles. The van der Waals surface area contributed by atoms with Gasteiger partial charge in [-0.1, -0.05) is 18.2 Å². The summed E-state index contributed by atoms with van der Waals surface area (Å²) in [4.78, 5) is 25.1. The number of esters is 1. The summed E-state index contributed by atoms with van der Waals surface area (Å²) < 4.78 is 5.52. The molecule has 5 heteroatoms. The summed E-state index contributed by atoms with van der Waals surface area (Å²) in [7, 11) is 0. The fourth-order valence-electron chi connectivity index (χ4n) is 2.42. The minimum absolute atomic E-state index is 0.0579. The van der Waals surface area contributed by atoms with Crippen molar-refractivity contribution in [2.45, 2.75) is 38.6 Å². The van der Waals surface area contributed by atoms with Crippen molar-refractivity contribution in [2.24, 2.45) is 0 Å². The summed E-state index contributed by atoms with van der Waals surface area (Å²) in [6, 6.07) is 13.0. The zero-order valence-electron chi connectivity index (χ0n) is 15.0. The normalized spacial score (nSPS) is 10.6. The van der Waals surface area contributed by atoms with Crippen molar-refractivity contribution >= 4 is 23.6 Å². The summed E-state index contributed by atoms with van der Waals surface area (Å²) in [5, 5.41) is 2.84. The van der Waals surface area contributed by atoms with E-state index in [2.05, 4.69) is 5.32 Å². The maximum Gasteiger partial charge on any atom is 0.344 e. The molecule has 0 aliphatic carbocycles. The van der Waals surface area contributed by atoms with Gasteiger partial charge in [0.25, 0.3) is 0 Å². The number of amides is 1. The zero-order valence-corrected chi connectivity index (χ0v) is 15.8. The Balaban J connectivity index is 2.10. The van der Waals surface area contributed by atoms with Gasteiger partial charge in [0, 0.05) is 10.9 Å². The molecule has 0 radical (unpaired) electrons. The zero-order chi connectivity index (χ0) is 18.4. The molecule has 25 heavy (non-hydrogen) atoms. The number of nitrogens with one attached hydrogen (secondary N) is 1. The fraction of sp³-hybridized carbons (Fsp3) is 0.300. The summed E-state index contributed by atoms with van der Waals surface area (Å²) in [5.74, 6) is 0.307. The first-order valence-electron chi connectivity index (χ1n) is 8.17. The van der Waals surface area contributed by atoms with E-state index in [4.69, 9.17) is 4.74 Å². The molecule has 0 aliphatic rings. The maximum absolute atomic E-state index is 12.5. The SMILES string of the molecule is Cc1cc(C)cc(OC(=O)c2ccccc2SCC(=O)NC(C)C)c1. The summed E-state index contributed by atoms with van der Waals surface area (Å²) in [6.07, 6.45) is 0. The fourth-order valence-corrected chi connectivity index (χ4v) is 3.27. The summed E-state index contributed by atoms with van der Waals surface area (Å²) in [5.41, 5.74) is 2.54. The third-order valence-corrected chi connectivity index (χ3v) is 4.39. The maximum atomic E-state index is 12.5. The van der Waals surface area contributed by atoms with Crippen LogP contribution in [0.25, 0.3) is 0 Å². The number of carbonyl (C=O) groups excluding carboxylic acids is 2. The van der Waals surface area contributed by atoms with Crippen LogP contribution in [0, 0.1) is 13.8 Å². The highest BCUT2D eigenvalue weighted by atomic mass is 32.2. The van der Waals surface area contributed by atoms with Crippen LogP contribution in [0.1, 0.15) is 35.3 Å². The molecular weight excluding hydrogens is 334 g/mol. The molecule has 0 bridgehead atoms. The topological polar surface area (TPSA) is 55.4 Å². The Labute approximate surface area is 153 Å². The minimum atomic E-state index is -0.419. The molecular formula is C20H23NO3S. The quantitative estimate of drug-likeness (QED) is 0.480. The third-order valence-electron chi connectivity index (χ3n) is 3.32. The Morgan fingerprint density at radius 1 is 1.08 bits per heavy atom. The predicted octanol–water partition coefficient (Wildman–Crippen LogP) is 4.14. The number of benzene rings is 2. The Hall–Kier alpha value is -2.27. The van der Waals surface area contributed by atoms with Crippen LogP contribution in [0.2, 0.25) is 0 Å². The van der Waals surface area contributed by atoms with E-state index in [9.17, 15) is 9.59 Å². The van der Waals surface area contributed by atoms with Gasteiger partial charge in [0.05, 0.1) is 11.3 Å². The van der Waals surface area contributed by atoms with Gasteiger partial charge in [-0.05, 0) is 63.1 Å². The van der Waals surface area contributed by atoms with Crippen molar-refractivity contribution < 1.29 is 14.3 Å². The number of carbonyl (C=O) groups is 2. The molecule has 0 fully saturated rings. The lowest BCUT2D eigenvalue weighted by Crippen LogP contribution is -2.31. The van der Waals surface area contributed by atoms with Crippen molar-refractivity contribution in [2.75, 3.05) is 5.75 Å². The largest absolute Gasteiger partial charge is 0.423 e. The van der Waals surface area contributed by atoms with Crippen LogP contribution in [-0.2, 0) is 4.79 Å². The van der Waals surface area contributed by atoms with E-state index in [-0.39, 0.29) is 17.7 Å². The lowest BCUT2D eigenvalue weighted by molar-refractivity contribution is -0.119. The standard InChI is InChI=1S/C20H23NO3S/c1-13(2)21-19(22)12-25-18-8-6-5-7-17(18)20(23)24-16-10-14(3)9-15(4)11-16/h5-11,13H,12H2,1-4H3,(H,21,22). The Morgan fingerprint density at radius 3 is 2.36 bits per heavy atom. The molecule has 132 valence electrons. The smallest absolute Gasteiger partial charge is 0.344 e. The van der Waals surface area contributed by atoms with Gasteiger partial charge < -0.3 is 10.1 Å². The second kappa shape index (κ2) is 8.72. The van der Waals surface area contributed by atoms with Gasteiger partial charge in [-0.2, -0.15) is 0 Å². The first-order chi connectivity index (χ1) is 11.8. The third kappa shape index (κ3) is 5.94. The molecule has 0 saturated carbocycles. The van der Waals surface area contributed by atoms with E-state index >= 15 is 0 Å². The molecule has 1 N–H and O–H groups in total. The Kier molecular flexibility index (Phi) is 6.65. The van der Waals surface area contributed by atoms with Gasteiger partial charge in [-0.3, -0.25) is 4.79 Å². The second-order valence-electron chi connectivity index (χ2n) is 6.22. The number of hydrogen-bond donors (Lipinski definition) is 1. The average molecular weight is 357 g/mol. The molecule has 4 nitrogen and oxygen atoms in total. The van der Waals surface area contributed by atoms with Crippen molar-refractivity contribution in [3.05, 3.63) is 59.2 Å². The van der Waals surface area contributed by atoms with Crippen LogP contribution >= 0.6 is 11.8 Å². The van der Waals surface area contributed by atoms with Crippen molar-refractivity contribution in [3.63, 3.8) is 0 Å². The lowest BCUT2D eigenvalue weighted by Gasteiger charge is -2.11. The van der Waals surface area contributed by atoms with Gasteiger partial charge in [-0.15, -0.1) is 11.8 Å². The van der Waals surface area contributed by atoms with Gasteiger partial charge in [0.15, 0.2) is 0 Å². The molecule has 2 rings (SSSR count). The molecule has 2 aromatic carbocycles. The molecule has 0 atom stereocenters. The van der Waals surface area contributed by atoms with E-state index in [0.717, 1.165) is 16.0 Å². The van der Waals surface area contributed by atoms with E-state index in [1.807, 2.05) is 58.0 Å². The lowest BCUT2D eigenvalue weighted by atomic mass is 10.1. The number of aryl methyl sites for hydroxylation is 2. The molecule has 0 aromatic heterocycles. The molecule has 0 heterocycles. The first kappa shape index (κ1) is 19.1. The monoisotopic (exact) mass is 357 g/mol. The van der Waals surface area contributed by atoms with Crippen LogP contribution in [0.15, 0.2) is 47.4 Å². The highest BCUT2D eigenvalue weighted by Gasteiger charge is 2.15.